The van der Waals surface area contributed by atoms with Crippen LogP contribution < -0.4 is 4.72 Å². The molecule has 1 aliphatic rings. The molecule has 4 rings (SSSR count). The molecule has 8 heteroatoms. The molecule has 30 heavy (non-hydrogen) atoms. The van der Waals surface area contributed by atoms with Crippen molar-refractivity contribution in [1.82, 2.24) is 14.6 Å². The maximum absolute atomic E-state index is 13.2. The molecule has 2 aromatic carbocycles. The minimum absolute atomic E-state index is 0.0367. The molecule has 2 unspecified atom stereocenters. The molecule has 1 fully saturated rings. The van der Waals surface area contributed by atoms with Gasteiger partial charge < -0.3 is 4.90 Å². The van der Waals surface area contributed by atoms with Gasteiger partial charge in [-0.2, -0.15) is 0 Å². The van der Waals surface area contributed by atoms with E-state index in [0.29, 0.717) is 18.5 Å². The SMILES string of the molecule is CCC(C)NS(=O)(=O)c1ccc(C(=O)N2CCCC2c2nc3ccccc3s2)cc1. The molecule has 2 heterocycles. The smallest absolute Gasteiger partial charge is 0.254 e. The molecule has 1 aliphatic heterocycles. The molecule has 6 nitrogen and oxygen atoms in total. The van der Waals surface area contributed by atoms with Crippen LogP contribution >= 0.6 is 11.3 Å². The Morgan fingerprint density at radius 1 is 1.23 bits per heavy atom. The molecule has 0 bridgehead atoms. The number of sulfonamides is 1. The number of fused-ring (bicyclic) bond motifs is 1. The van der Waals surface area contributed by atoms with Crippen molar-refractivity contribution < 1.29 is 13.2 Å². The third kappa shape index (κ3) is 4.12. The number of para-hydroxylation sites is 1. The minimum Gasteiger partial charge on any atom is -0.329 e. The molecule has 1 aromatic heterocycles. The van der Waals surface area contributed by atoms with Gasteiger partial charge in [-0.25, -0.2) is 18.1 Å². The van der Waals surface area contributed by atoms with Crippen LogP contribution in [0.2, 0.25) is 0 Å². The standard InChI is InChI=1S/C22H25N3O3S2/c1-3-15(2)24-30(27,28)17-12-10-16(11-13-17)22(26)25-14-6-8-19(25)21-23-18-7-4-5-9-20(18)29-21/h4-5,7,9-13,15,19,24H,3,6,8,14H2,1-2H3. The van der Waals surface area contributed by atoms with Gasteiger partial charge in [0.2, 0.25) is 10.0 Å². The first-order valence-electron chi connectivity index (χ1n) is 10.2. The number of hydrogen-bond donors (Lipinski definition) is 1. The van der Waals surface area contributed by atoms with Crippen molar-refractivity contribution in [3.05, 3.63) is 59.1 Å². The monoisotopic (exact) mass is 443 g/mol. The predicted octanol–water partition coefficient (Wildman–Crippen LogP) is 4.35. The molecule has 0 spiro atoms. The molecule has 0 aliphatic carbocycles. The summed E-state index contributed by atoms with van der Waals surface area (Å²) in [5.74, 6) is -0.0874. The van der Waals surface area contributed by atoms with Crippen LogP contribution in [-0.4, -0.2) is 36.8 Å². The van der Waals surface area contributed by atoms with Crippen molar-refractivity contribution >= 4 is 37.5 Å². The second kappa shape index (κ2) is 8.45. The first-order chi connectivity index (χ1) is 14.4. The lowest BCUT2D eigenvalue weighted by Crippen LogP contribution is -2.32. The lowest BCUT2D eigenvalue weighted by atomic mass is 10.1. The van der Waals surface area contributed by atoms with Gasteiger partial charge in [-0.15, -0.1) is 11.3 Å². The fourth-order valence-electron chi connectivity index (χ4n) is 3.66. The second-order valence-electron chi connectivity index (χ2n) is 7.63. The number of carbonyl (C=O) groups excluding carboxylic acids is 1. The Balaban J connectivity index is 1.54. The summed E-state index contributed by atoms with van der Waals surface area (Å²) in [7, 11) is -3.58. The van der Waals surface area contributed by atoms with E-state index < -0.39 is 10.0 Å². The molecule has 0 radical (unpaired) electrons. The minimum atomic E-state index is -3.58. The van der Waals surface area contributed by atoms with E-state index >= 15 is 0 Å². The van der Waals surface area contributed by atoms with Crippen molar-refractivity contribution in [2.45, 2.75) is 50.1 Å². The summed E-state index contributed by atoms with van der Waals surface area (Å²) in [5, 5.41) is 0.957. The van der Waals surface area contributed by atoms with Crippen LogP contribution in [0.3, 0.4) is 0 Å². The summed E-state index contributed by atoms with van der Waals surface area (Å²) in [5.41, 5.74) is 1.45. The van der Waals surface area contributed by atoms with Crippen molar-refractivity contribution in [2.24, 2.45) is 0 Å². The topological polar surface area (TPSA) is 79.4 Å². The number of nitrogens with zero attached hydrogens (tertiary/aromatic N) is 2. The highest BCUT2D eigenvalue weighted by molar-refractivity contribution is 7.89. The number of rotatable bonds is 6. The maximum Gasteiger partial charge on any atom is 0.254 e. The number of aromatic nitrogens is 1. The van der Waals surface area contributed by atoms with Crippen molar-refractivity contribution in [1.29, 1.82) is 0 Å². The van der Waals surface area contributed by atoms with E-state index in [2.05, 4.69) is 4.72 Å². The quantitative estimate of drug-likeness (QED) is 0.614. The Morgan fingerprint density at radius 3 is 2.67 bits per heavy atom. The molecule has 1 N–H and O–H groups in total. The number of nitrogens with one attached hydrogen (secondary N) is 1. The van der Waals surface area contributed by atoms with Crippen LogP contribution in [0.25, 0.3) is 10.2 Å². The van der Waals surface area contributed by atoms with Gasteiger partial charge in [0.1, 0.15) is 5.01 Å². The summed E-state index contributed by atoms with van der Waals surface area (Å²) < 4.78 is 28.7. The lowest BCUT2D eigenvalue weighted by molar-refractivity contribution is 0.0735. The van der Waals surface area contributed by atoms with Gasteiger partial charge >= 0.3 is 0 Å². The summed E-state index contributed by atoms with van der Waals surface area (Å²) in [6, 6.07) is 14.0. The highest BCUT2D eigenvalue weighted by Gasteiger charge is 2.33. The van der Waals surface area contributed by atoms with E-state index in [1.807, 2.05) is 43.0 Å². The van der Waals surface area contributed by atoms with Crippen LogP contribution in [0.15, 0.2) is 53.4 Å². The van der Waals surface area contributed by atoms with Crippen LogP contribution in [0.1, 0.15) is 54.5 Å². The van der Waals surface area contributed by atoms with Crippen LogP contribution in [0.5, 0.6) is 0 Å². The second-order valence-corrected chi connectivity index (χ2v) is 10.4. The Kier molecular flexibility index (Phi) is 5.90. The highest BCUT2D eigenvalue weighted by atomic mass is 32.2. The van der Waals surface area contributed by atoms with E-state index in [1.54, 1.807) is 23.5 Å². The molecule has 2 atom stereocenters. The molecule has 3 aromatic rings. The molecular weight excluding hydrogens is 418 g/mol. The zero-order chi connectivity index (χ0) is 21.3. The zero-order valence-corrected chi connectivity index (χ0v) is 18.7. The average Bonchev–Trinajstić information content (AvgIpc) is 3.39. The Labute approximate surface area is 181 Å². The van der Waals surface area contributed by atoms with Gasteiger partial charge in [-0.05, 0) is 62.6 Å². The third-order valence-corrected chi connectivity index (χ3v) is 8.23. The summed E-state index contributed by atoms with van der Waals surface area (Å²) in [4.78, 5) is 19.9. The van der Waals surface area contributed by atoms with Gasteiger partial charge in [-0.1, -0.05) is 19.1 Å². The molecular formula is C22H25N3O3S2. The van der Waals surface area contributed by atoms with Gasteiger partial charge in [0.05, 0.1) is 21.2 Å². The number of thiazole rings is 1. The first kappa shape index (κ1) is 21.0. The van der Waals surface area contributed by atoms with Crippen molar-refractivity contribution in [2.75, 3.05) is 6.54 Å². The van der Waals surface area contributed by atoms with E-state index in [1.165, 1.54) is 12.1 Å². The lowest BCUT2D eigenvalue weighted by Gasteiger charge is -2.23. The summed E-state index contributed by atoms with van der Waals surface area (Å²) in [6.07, 6.45) is 2.52. The largest absolute Gasteiger partial charge is 0.329 e. The Morgan fingerprint density at radius 2 is 1.97 bits per heavy atom. The molecule has 1 saturated heterocycles. The van der Waals surface area contributed by atoms with E-state index in [-0.39, 0.29) is 22.9 Å². The fourth-order valence-corrected chi connectivity index (χ4v) is 6.10. The first-order valence-corrected chi connectivity index (χ1v) is 12.5. The van der Waals surface area contributed by atoms with Crippen LogP contribution in [0.4, 0.5) is 0 Å². The van der Waals surface area contributed by atoms with Gasteiger partial charge in [0.15, 0.2) is 0 Å². The van der Waals surface area contributed by atoms with Crippen molar-refractivity contribution in [3.8, 4) is 0 Å². The van der Waals surface area contributed by atoms with Gasteiger partial charge in [0.25, 0.3) is 5.91 Å². The molecule has 1 amide bonds. The number of likely N-dealkylation sites (tertiary alicyclic amines) is 1. The highest BCUT2D eigenvalue weighted by Crippen LogP contribution is 2.37. The van der Waals surface area contributed by atoms with E-state index in [9.17, 15) is 13.2 Å². The maximum atomic E-state index is 13.2. The average molecular weight is 444 g/mol. The van der Waals surface area contributed by atoms with Crippen LogP contribution in [0, 0.1) is 0 Å². The third-order valence-electron chi connectivity index (χ3n) is 5.49. The Bertz CT molecular complexity index is 1120. The van der Waals surface area contributed by atoms with Crippen LogP contribution in [-0.2, 0) is 10.0 Å². The number of benzene rings is 2. The Hall–Kier alpha value is -2.29. The molecule has 158 valence electrons. The normalized spacial score (nSPS) is 18.1. The number of carbonyl (C=O) groups is 1. The molecule has 0 saturated carbocycles. The number of hydrogen-bond acceptors (Lipinski definition) is 5. The van der Waals surface area contributed by atoms with Crippen molar-refractivity contribution in [3.63, 3.8) is 0 Å². The van der Waals surface area contributed by atoms with E-state index in [0.717, 1.165) is 28.1 Å². The predicted molar refractivity (Wildman–Crippen MR) is 119 cm³/mol. The number of amides is 1. The summed E-state index contributed by atoms with van der Waals surface area (Å²) in [6.45, 7) is 4.42. The fraction of sp³-hybridized carbons (Fsp3) is 0.364. The summed E-state index contributed by atoms with van der Waals surface area (Å²) >= 11 is 1.63. The van der Waals surface area contributed by atoms with Gasteiger partial charge in [-0.3, -0.25) is 4.79 Å². The van der Waals surface area contributed by atoms with E-state index in [4.69, 9.17) is 4.98 Å². The zero-order valence-electron chi connectivity index (χ0n) is 17.0. The van der Waals surface area contributed by atoms with Gasteiger partial charge in [0, 0.05) is 18.2 Å².